The third kappa shape index (κ3) is 3.34. The van der Waals surface area contributed by atoms with Crippen molar-refractivity contribution in [2.45, 2.75) is 11.7 Å². The van der Waals surface area contributed by atoms with Crippen LogP contribution in [0.4, 0.5) is 13.2 Å². The van der Waals surface area contributed by atoms with Gasteiger partial charge in [0.1, 0.15) is 0 Å². The Hall–Kier alpha value is -0.490. The second-order valence-electron chi connectivity index (χ2n) is 2.29. The molecule has 1 aromatic rings. The van der Waals surface area contributed by atoms with Crippen molar-refractivity contribution in [3.8, 4) is 5.75 Å². The van der Waals surface area contributed by atoms with Crippen LogP contribution < -0.4 is 4.74 Å². The number of hydrogen-bond donors (Lipinski definition) is 0. The van der Waals surface area contributed by atoms with Crippen molar-refractivity contribution >= 4 is 27.5 Å². The minimum Gasteiger partial charge on any atom is -0.403 e. The molecule has 0 saturated heterocycles. The first kappa shape index (κ1) is 11.6. The predicted molar refractivity (Wildman–Crippen MR) is 48.6 cm³/mol. The largest absolute Gasteiger partial charge is 0.573 e. The molecule has 0 saturated carbocycles. The van der Waals surface area contributed by atoms with E-state index in [-0.39, 0.29) is 5.02 Å². The SMILES string of the molecule is FC(F)(F)Oc1cnc(CBr)cc1Cl. The average Bonchev–Trinajstić information content (AvgIpc) is 2.06. The molecule has 0 aliphatic rings. The average molecular weight is 290 g/mol. The third-order valence-corrected chi connectivity index (χ3v) is 2.11. The zero-order valence-corrected chi connectivity index (χ0v) is 8.95. The summed E-state index contributed by atoms with van der Waals surface area (Å²) in [7, 11) is 0. The van der Waals surface area contributed by atoms with E-state index in [1.54, 1.807) is 0 Å². The summed E-state index contributed by atoms with van der Waals surface area (Å²) in [6.45, 7) is 0. The molecule has 0 unspecified atom stereocenters. The summed E-state index contributed by atoms with van der Waals surface area (Å²) in [4.78, 5) is 3.69. The maximum Gasteiger partial charge on any atom is 0.573 e. The van der Waals surface area contributed by atoms with Crippen LogP contribution >= 0.6 is 27.5 Å². The van der Waals surface area contributed by atoms with Gasteiger partial charge in [-0.15, -0.1) is 13.2 Å². The van der Waals surface area contributed by atoms with Gasteiger partial charge in [-0.3, -0.25) is 4.98 Å². The number of aromatic nitrogens is 1. The van der Waals surface area contributed by atoms with Gasteiger partial charge in [-0.1, -0.05) is 27.5 Å². The molecule has 0 fully saturated rings. The second-order valence-corrected chi connectivity index (χ2v) is 3.26. The number of rotatable bonds is 2. The number of hydrogen-bond acceptors (Lipinski definition) is 2. The molecule has 1 heterocycles. The number of nitrogens with zero attached hydrogens (tertiary/aromatic N) is 1. The zero-order valence-electron chi connectivity index (χ0n) is 6.61. The smallest absolute Gasteiger partial charge is 0.403 e. The lowest BCUT2D eigenvalue weighted by Gasteiger charge is -2.09. The molecule has 0 aromatic carbocycles. The van der Waals surface area contributed by atoms with Crippen LogP contribution in [0, 0.1) is 0 Å². The zero-order chi connectivity index (χ0) is 10.8. The highest BCUT2D eigenvalue weighted by Gasteiger charge is 2.32. The van der Waals surface area contributed by atoms with Gasteiger partial charge in [0.15, 0.2) is 5.75 Å². The fourth-order valence-electron chi connectivity index (χ4n) is 0.731. The topological polar surface area (TPSA) is 22.1 Å². The maximum atomic E-state index is 11.8. The van der Waals surface area contributed by atoms with Gasteiger partial charge in [-0.05, 0) is 6.07 Å². The van der Waals surface area contributed by atoms with Gasteiger partial charge < -0.3 is 4.74 Å². The molecular weight excluding hydrogens is 286 g/mol. The van der Waals surface area contributed by atoms with E-state index < -0.39 is 12.1 Å². The lowest BCUT2D eigenvalue weighted by molar-refractivity contribution is -0.274. The summed E-state index contributed by atoms with van der Waals surface area (Å²) in [5.41, 5.74) is 0.532. The molecule has 0 aliphatic carbocycles. The van der Waals surface area contributed by atoms with E-state index in [0.29, 0.717) is 11.0 Å². The minimum absolute atomic E-state index is 0.119. The van der Waals surface area contributed by atoms with Crippen LogP contribution in [0.3, 0.4) is 0 Å². The Bertz CT molecular complexity index is 331. The molecule has 7 heteroatoms. The summed E-state index contributed by atoms with van der Waals surface area (Å²) in [6.07, 6.45) is -3.81. The molecule has 0 radical (unpaired) electrons. The van der Waals surface area contributed by atoms with Crippen LogP contribution in [0.25, 0.3) is 0 Å². The Labute approximate surface area is 91.2 Å². The van der Waals surface area contributed by atoms with E-state index in [2.05, 4.69) is 25.7 Å². The van der Waals surface area contributed by atoms with Crippen LogP contribution in [0.5, 0.6) is 5.75 Å². The summed E-state index contributed by atoms with van der Waals surface area (Å²) < 4.78 is 39.0. The lowest BCUT2D eigenvalue weighted by atomic mass is 10.4. The fraction of sp³-hybridized carbons (Fsp3) is 0.286. The van der Waals surface area contributed by atoms with Gasteiger partial charge in [-0.2, -0.15) is 0 Å². The van der Waals surface area contributed by atoms with Gasteiger partial charge in [-0.25, -0.2) is 0 Å². The van der Waals surface area contributed by atoms with Gasteiger partial charge in [0.25, 0.3) is 0 Å². The van der Waals surface area contributed by atoms with E-state index in [1.807, 2.05) is 0 Å². The Kier molecular flexibility index (Phi) is 3.60. The first-order valence-corrected chi connectivity index (χ1v) is 4.88. The molecular formula is C7H4BrClF3NO. The minimum atomic E-state index is -4.75. The molecule has 0 amide bonds. The lowest BCUT2D eigenvalue weighted by Crippen LogP contribution is -2.17. The van der Waals surface area contributed by atoms with Gasteiger partial charge in [0.05, 0.1) is 16.9 Å². The van der Waals surface area contributed by atoms with E-state index in [4.69, 9.17) is 11.6 Å². The van der Waals surface area contributed by atoms with Crippen LogP contribution in [0.1, 0.15) is 5.69 Å². The van der Waals surface area contributed by atoms with Gasteiger partial charge in [0.2, 0.25) is 0 Å². The van der Waals surface area contributed by atoms with Crippen LogP contribution in [0.15, 0.2) is 12.3 Å². The number of ether oxygens (including phenoxy) is 1. The van der Waals surface area contributed by atoms with Crippen LogP contribution in [-0.2, 0) is 5.33 Å². The molecule has 1 rings (SSSR count). The molecule has 14 heavy (non-hydrogen) atoms. The number of pyridine rings is 1. The van der Waals surface area contributed by atoms with E-state index in [9.17, 15) is 13.2 Å². The second kappa shape index (κ2) is 4.35. The van der Waals surface area contributed by atoms with Crippen molar-refractivity contribution in [1.82, 2.24) is 4.98 Å². The van der Waals surface area contributed by atoms with Crippen molar-refractivity contribution in [2.75, 3.05) is 0 Å². The summed E-state index contributed by atoms with van der Waals surface area (Å²) in [5.74, 6) is -0.496. The van der Waals surface area contributed by atoms with E-state index in [0.717, 1.165) is 6.20 Å². The predicted octanol–water partition coefficient (Wildman–Crippen LogP) is 3.53. The van der Waals surface area contributed by atoms with E-state index in [1.165, 1.54) is 6.07 Å². The molecule has 78 valence electrons. The van der Waals surface area contributed by atoms with Crippen molar-refractivity contribution in [3.05, 3.63) is 23.0 Å². The quantitative estimate of drug-likeness (QED) is 0.777. The van der Waals surface area contributed by atoms with Crippen molar-refractivity contribution < 1.29 is 17.9 Å². The number of alkyl halides is 4. The number of halogens is 5. The first-order chi connectivity index (χ1) is 6.42. The maximum absolute atomic E-state index is 11.8. The molecule has 0 bridgehead atoms. The highest BCUT2D eigenvalue weighted by molar-refractivity contribution is 9.08. The Morgan fingerprint density at radius 3 is 2.57 bits per heavy atom. The molecule has 0 atom stereocenters. The fourth-order valence-corrected chi connectivity index (χ4v) is 1.25. The van der Waals surface area contributed by atoms with Crippen molar-refractivity contribution in [1.29, 1.82) is 0 Å². The highest BCUT2D eigenvalue weighted by atomic mass is 79.9. The Morgan fingerprint density at radius 2 is 2.14 bits per heavy atom. The summed E-state index contributed by atoms with van der Waals surface area (Å²) in [6, 6.07) is 1.30. The molecule has 0 spiro atoms. The highest BCUT2D eigenvalue weighted by Crippen LogP contribution is 2.29. The van der Waals surface area contributed by atoms with Crippen LogP contribution in [-0.4, -0.2) is 11.3 Å². The third-order valence-electron chi connectivity index (χ3n) is 1.24. The Balaban J connectivity index is 2.89. The molecule has 0 aliphatic heterocycles. The van der Waals surface area contributed by atoms with Gasteiger partial charge >= 0.3 is 6.36 Å². The normalized spacial score (nSPS) is 11.5. The Morgan fingerprint density at radius 1 is 1.50 bits per heavy atom. The monoisotopic (exact) mass is 289 g/mol. The molecule has 0 N–H and O–H groups in total. The van der Waals surface area contributed by atoms with Crippen molar-refractivity contribution in [2.24, 2.45) is 0 Å². The van der Waals surface area contributed by atoms with Gasteiger partial charge in [0, 0.05) is 5.33 Å². The standard InChI is InChI=1S/C7H4BrClF3NO/c8-2-4-1-5(9)6(3-13-4)14-7(10,11)12/h1,3H,2H2. The van der Waals surface area contributed by atoms with E-state index >= 15 is 0 Å². The first-order valence-electron chi connectivity index (χ1n) is 3.38. The van der Waals surface area contributed by atoms with Crippen molar-refractivity contribution in [3.63, 3.8) is 0 Å². The van der Waals surface area contributed by atoms with Crippen LogP contribution in [0.2, 0.25) is 5.02 Å². The molecule has 2 nitrogen and oxygen atoms in total. The summed E-state index contributed by atoms with van der Waals surface area (Å²) >= 11 is 8.62. The summed E-state index contributed by atoms with van der Waals surface area (Å²) in [5, 5.41) is 0.297. The molecule has 1 aromatic heterocycles.